The van der Waals surface area contributed by atoms with Gasteiger partial charge in [-0.05, 0) is 17.9 Å². The van der Waals surface area contributed by atoms with Gasteiger partial charge in [-0.3, -0.25) is 19.5 Å². The summed E-state index contributed by atoms with van der Waals surface area (Å²) in [5.41, 5.74) is 0.880. The molecular weight excluding hydrogens is 357 g/mol. The molecule has 3 unspecified atom stereocenters. The van der Waals surface area contributed by atoms with E-state index in [9.17, 15) is 24.2 Å². The Morgan fingerprint density at radius 1 is 1.19 bits per heavy atom. The predicted octanol–water partition coefficient (Wildman–Crippen LogP) is 1.51. The van der Waals surface area contributed by atoms with Crippen molar-refractivity contribution < 1.29 is 24.2 Å². The first kappa shape index (κ1) is 22.3. The second-order valence-corrected chi connectivity index (χ2v) is 8.63. The number of carboxylic acids is 1. The molecule has 1 rings (SSSR count). The average molecular weight is 385 g/mol. The van der Waals surface area contributed by atoms with Crippen molar-refractivity contribution in [2.75, 3.05) is 6.29 Å². The van der Waals surface area contributed by atoms with Gasteiger partial charge in [0.05, 0.1) is 6.17 Å². The van der Waals surface area contributed by atoms with Crippen molar-refractivity contribution in [1.29, 1.82) is 0 Å². The zero-order valence-electron chi connectivity index (χ0n) is 15.3. The van der Waals surface area contributed by atoms with E-state index in [4.69, 9.17) is 0 Å². The number of carbonyl (C=O) groups is 2. The molecule has 0 saturated carbocycles. The minimum Gasteiger partial charge on any atom is -0.480 e. The first-order chi connectivity index (χ1) is 12.1. The van der Waals surface area contributed by atoms with E-state index in [0.717, 1.165) is 5.56 Å². The normalized spacial score (nSPS) is 15.9. The molecule has 1 amide bonds. The third kappa shape index (κ3) is 9.10. The lowest BCUT2D eigenvalue weighted by molar-refractivity contribution is -0.140. The fourth-order valence-corrected chi connectivity index (χ4v) is 3.63. The molecule has 0 aromatic heterocycles. The smallest absolute Gasteiger partial charge is 0.320 e. The topological polar surface area (TPSA) is 128 Å². The first-order valence-electron chi connectivity index (χ1n) is 8.46. The summed E-state index contributed by atoms with van der Waals surface area (Å²) in [5.74, 6) is -1.30. The number of carboxylic acid groups (broad SMARTS) is 1. The van der Waals surface area contributed by atoms with E-state index in [-0.39, 0.29) is 5.92 Å². The van der Waals surface area contributed by atoms with Crippen LogP contribution in [0.2, 0.25) is 0 Å². The molecule has 3 atom stereocenters. The third-order valence-corrected chi connectivity index (χ3v) is 4.89. The van der Waals surface area contributed by atoms with Crippen LogP contribution < -0.4 is 15.7 Å². The summed E-state index contributed by atoms with van der Waals surface area (Å²) >= 11 is 0. The summed E-state index contributed by atoms with van der Waals surface area (Å²) in [6.45, 7) is 5.07. The minimum absolute atomic E-state index is 0.140. The fraction of sp³-hybridized carbons (Fsp3) is 0.529. The summed E-state index contributed by atoms with van der Waals surface area (Å²) in [4.78, 5) is 32.6. The summed E-state index contributed by atoms with van der Waals surface area (Å²) in [6, 6.07) is 8.37. The van der Waals surface area contributed by atoms with Gasteiger partial charge in [-0.15, -0.1) is 0 Å². The summed E-state index contributed by atoms with van der Waals surface area (Å²) < 4.78 is 12.3. The fourth-order valence-electron chi connectivity index (χ4n) is 2.45. The van der Waals surface area contributed by atoms with Crippen LogP contribution in [0.1, 0.15) is 32.8 Å². The van der Waals surface area contributed by atoms with E-state index in [0.29, 0.717) is 12.8 Å². The molecule has 0 aliphatic carbocycles. The Morgan fingerprint density at radius 2 is 1.81 bits per heavy atom. The third-order valence-electron chi connectivity index (χ3n) is 3.59. The molecule has 0 saturated heterocycles. The Kier molecular flexibility index (Phi) is 8.95. The lowest BCUT2D eigenvalue weighted by Crippen LogP contribution is -2.51. The molecule has 146 valence electrons. The van der Waals surface area contributed by atoms with Gasteiger partial charge in [0.15, 0.2) is 0 Å². The van der Waals surface area contributed by atoms with E-state index in [2.05, 4.69) is 15.7 Å². The Labute approximate surface area is 153 Å². The highest BCUT2D eigenvalue weighted by molar-refractivity contribution is 7.55. The molecular formula is C17H28N3O5P. The van der Waals surface area contributed by atoms with E-state index in [1.807, 2.05) is 44.2 Å². The van der Waals surface area contributed by atoms with Crippen LogP contribution in [-0.4, -0.2) is 40.4 Å². The molecule has 5 N–H and O–H groups in total. The van der Waals surface area contributed by atoms with Crippen LogP contribution in [-0.2, 0) is 20.6 Å². The first-order valence-corrected chi connectivity index (χ1v) is 10.3. The van der Waals surface area contributed by atoms with Crippen LogP contribution >= 0.6 is 7.52 Å². The van der Waals surface area contributed by atoms with Gasteiger partial charge in [0.1, 0.15) is 12.3 Å². The van der Waals surface area contributed by atoms with Crippen molar-refractivity contribution in [1.82, 2.24) is 15.7 Å². The zero-order chi connectivity index (χ0) is 19.7. The van der Waals surface area contributed by atoms with Crippen molar-refractivity contribution >= 4 is 19.4 Å². The number of aliphatic carboxylic acids is 1. The number of amides is 1. The number of hydrogen-bond donors (Lipinski definition) is 5. The molecule has 26 heavy (non-hydrogen) atoms. The van der Waals surface area contributed by atoms with Crippen LogP contribution in [0.25, 0.3) is 0 Å². The highest BCUT2D eigenvalue weighted by Gasteiger charge is 2.28. The maximum atomic E-state index is 12.3. The van der Waals surface area contributed by atoms with Gasteiger partial charge in [0, 0.05) is 13.3 Å². The minimum atomic E-state index is -3.90. The maximum Gasteiger partial charge on any atom is 0.320 e. The monoisotopic (exact) mass is 385 g/mol. The van der Waals surface area contributed by atoms with Crippen molar-refractivity contribution in [2.45, 2.75) is 45.8 Å². The Bertz CT molecular complexity index is 639. The molecule has 0 aliphatic heterocycles. The van der Waals surface area contributed by atoms with Crippen LogP contribution in [0, 0.1) is 5.92 Å². The second-order valence-electron chi connectivity index (χ2n) is 6.65. The Balaban J connectivity index is 2.91. The molecule has 0 bridgehead atoms. The second kappa shape index (κ2) is 10.4. The predicted molar refractivity (Wildman–Crippen MR) is 99.6 cm³/mol. The summed E-state index contributed by atoms with van der Waals surface area (Å²) in [5, 5.41) is 17.2. The molecule has 9 heteroatoms. The van der Waals surface area contributed by atoms with Gasteiger partial charge in [-0.2, -0.15) is 0 Å². The van der Waals surface area contributed by atoms with E-state index < -0.39 is 37.9 Å². The molecule has 0 fully saturated rings. The highest BCUT2D eigenvalue weighted by Crippen LogP contribution is 2.34. The van der Waals surface area contributed by atoms with Gasteiger partial charge in [0.25, 0.3) is 7.52 Å². The Morgan fingerprint density at radius 3 is 2.31 bits per heavy atom. The molecule has 8 nitrogen and oxygen atoms in total. The lowest BCUT2D eigenvalue weighted by atomic mass is 10.0. The standard InChI is InChI=1S/C17H28N3O5P/c1-12(2)9-15(17(22)23)19-16(10-14-7-5-4-6-8-14)20-26(24,25)11-18-13(3)21/h4-8,12,15-16,19H,9-11H2,1-3H3,(H,18,21)(H,22,23)(H2,20,24,25). The van der Waals surface area contributed by atoms with Crippen molar-refractivity contribution in [3.63, 3.8) is 0 Å². The van der Waals surface area contributed by atoms with Gasteiger partial charge < -0.3 is 15.3 Å². The van der Waals surface area contributed by atoms with Crippen LogP contribution in [0.5, 0.6) is 0 Å². The summed E-state index contributed by atoms with van der Waals surface area (Å²) in [6.07, 6.45) is -0.490. The van der Waals surface area contributed by atoms with Gasteiger partial charge in [0.2, 0.25) is 5.91 Å². The van der Waals surface area contributed by atoms with Crippen molar-refractivity contribution in [3.8, 4) is 0 Å². The van der Waals surface area contributed by atoms with Crippen molar-refractivity contribution in [2.24, 2.45) is 5.92 Å². The van der Waals surface area contributed by atoms with Gasteiger partial charge >= 0.3 is 5.97 Å². The molecule has 0 aliphatic rings. The average Bonchev–Trinajstić information content (AvgIpc) is 2.52. The molecule has 0 radical (unpaired) electrons. The van der Waals surface area contributed by atoms with E-state index in [1.54, 1.807) is 0 Å². The molecule has 1 aromatic rings. The van der Waals surface area contributed by atoms with Crippen LogP contribution in [0.4, 0.5) is 0 Å². The maximum absolute atomic E-state index is 12.3. The highest BCUT2D eigenvalue weighted by atomic mass is 31.2. The van der Waals surface area contributed by atoms with Crippen LogP contribution in [0.15, 0.2) is 30.3 Å². The number of nitrogens with one attached hydrogen (secondary N) is 3. The number of hydrogen-bond acceptors (Lipinski definition) is 4. The Hall–Kier alpha value is -1.73. The lowest BCUT2D eigenvalue weighted by Gasteiger charge is -2.27. The zero-order valence-corrected chi connectivity index (χ0v) is 16.2. The van der Waals surface area contributed by atoms with Gasteiger partial charge in [-0.1, -0.05) is 44.2 Å². The van der Waals surface area contributed by atoms with E-state index in [1.165, 1.54) is 6.92 Å². The number of carbonyl (C=O) groups excluding carboxylic acids is 1. The van der Waals surface area contributed by atoms with E-state index >= 15 is 0 Å². The van der Waals surface area contributed by atoms with Gasteiger partial charge in [-0.25, -0.2) is 5.09 Å². The molecule has 0 heterocycles. The number of rotatable bonds is 11. The quantitative estimate of drug-likeness (QED) is 0.289. The SMILES string of the molecule is CC(=O)NCP(=O)(O)NC(Cc1ccccc1)NC(CC(C)C)C(=O)O. The number of benzene rings is 1. The largest absolute Gasteiger partial charge is 0.480 e. The summed E-state index contributed by atoms with van der Waals surface area (Å²) in [7, 11) is -3.90. The van der Waals surface area contributed by atoms with Crippen molar-refractivity contribution in [3.05, 3.63) is 35.9 Å². The molecule has 1 aromatic carbocycles. The molecule has 0 spiro atoms. The van der Waals surface area contributed by atoms with Crippen LogP contribution in [0.3, 0.4) is 0 Å².